The molecule has 47 heavy (non-hydrogen) atoms. The molecule has 1 atom stereocenters. The van der Waals surface area contributed by atoms with E-state index in [0.29, 0.717) is 33.6 Å². The topological polar surface area (TPSA) is 122 Å². The average molecular weight is 666 g/mol. The predicted octanol–water partition coefficient (Wildman–Crippen LogP) is 7.37. The van der Waals surface area contributed by atoms with Crippen LogP contribution in [0.5, 0.6) is 17.2 Å². The van der Waals surface area contributed by atoms with Gasteiger partial charge in [-0.05, 0) is 66.9 Å². The van der Waals surface area contributed by atoms with Crippen LogP contribution in [0.25, 0.3) is 5.76 Å². The highest BCUT2D eigenvalue weighted by Crippen LogP contribution is 2.45. The van der Waals surface area contributed by atoms with Crippen molar-refractivity contribution in [2.75, 3.05) is 12.0 Å². The van der Waals surface area contributed by atoms with E-state index in [1.54, 1.807) is 30.3 Å². The molecule has 1 aliphatic rings. The SMILES string of the molecule is COc1cc(C2C(=C(O)c3ccc(OCc4cccc(C)c4)cc3)C(=O)C(=O)N2c2nnc(SCc3ccc(C)cc3)s2)ccc1O. The minimum atomic E-state index is -1.07. The number of amides is 1. The Balaban J connectivity index is 1.32. The van der Waals surface area contributed by atoms with Gasteiger partial charge in [0.25, 0.3) is 5.78 Å². The largest absolute Gasteiger partial charge is 0.507 e. The Morgan fingerprint density at radius 2 is 1.68 bits per heavy atom. The molecular weight excluding hydrogens is 635 g/mol. The number of methoxy groups -OCH3 is 1. The van der Waals surface area contributed by atoms with Gasteiger partial charge in [0.1, 0.15) is 18.1 Å². The molecule has 238 valence electrons. The number of anilines is 1. The minimum Gasteiger partial charge on any atom is -0.507 e. The summed E-state index contributed by atoms with van der Waals surface area (Å²) in [5.74, 6) is -0.817. The van der Waals surface area contributed by atoms with Crippen molar-refractivity contribution in [2.24, 2.45) is 0 Å². The molecule has 5 aromatic rings. The number of carbonyl (C=O) groups excluding carboxylic acids is 2. The fourth-order valence-corrected chi connectivity index (χ4v) is 7.05. The van der Waals surface area contributed by atoms with Crippen LogP contribution in [-0.2, 0) is 21.9 Å². The van der Waals surface area contributed by atoms with Crippen LogP contribution in [0.1, 0.15) is 39.4 Å². The molecule has 2 N–H and O–H groups in total. The van der Waals surface area contributed by atoms with Crippen LogP contribution in [0.4, 0.5) is 5.13 Å². The molecule has 11 heteroatoms. The number of Topliss-reactive ketones (excluding diaryl/α,β-unsaturated/α-hetero) is 1. The van der Waals surface area contributed by atoms with E-state index in [9.17, 15) is 19.8 Å². The van der Waals surface area contributed by atoms with Crippen LogP contribution >= 0.6 is 23.1 Å². The standard InChI is InChI=1S/C36H31N3O6S2/c1-21-7-9-23(10-8-21)20-46-36-38-37-35(47-36)39-31(26-13-16-28(40)29(18-26)44-3)30(33(42)34(39)43)32(41)25-11-14-27(15-12-25)45-19-24-6-4-5-22(2)17-24/h4-18,31,40-41H,19-20H2,1-3H3. The molecule has 2 heterocycles. The number of phenolic OH excluding ortho intramolecular Hbond substituents is 1. The zero-order valence-electron chi connectivity index (χ0n) is 25.8. The van der Waals surface area contributed by atoms with Crippen molar-refractivity contribution in [1.29, 1.82) is 0 Å². The lowest BCUT2D eigenvalue weighted by atomic mass is 9.95. The first-order valence-electron chi connectivity index (χ1n) is 14.7. The number of aliphatic hydroxyl groups excluding tert-OH is 1. The molecule has 0 bridgehead atoms. The maximum absolute atomic E-state index is 13.6. The van der Waals surface area contributed by atoms with Crippen molar-refractivity contribution in [1.82, 2.24) is 10.2 Å². The van der Waals surface area contributed by atoms with E-state index in [1.807, 2.05) is 62.4 Å². The number of benzene rings is 4. The van der Waals surface area contributed by atoms with Crippen LogP contribution < -0.4 is 14.4 Å². The number of aromatic nitrogens is 2. The van der Waals surface area contributed by atoms with E-state index < -0.39 is 17.7 Å². The second-order valence-electron chi connectivity index (χ2n) is 11.0. The summed E-state index contributed by atoms with van der Waals surface area (Å²) >= 11 is 2.65. The van der Waals surface area contributed by atoms with E-state index in [4.69, 9.17) is 9.47 Å². The monoisotopic (exact) mass is 665 g/mol. The van der Waals surface area contributed by atoms with Crippen molar-refractivity contribution in [3.8, 4) is 17.2 Å². The third-order valence-electron chi connectivity index (χ3n) is 7.66. The van der Waals surface area contributed by atoms with E-state index in [1.165, 1.54) is 52.8 Å². The van der Waals surface area contributed by atoms with Crippen molar-refractivity contribution in [3.63, 3.8) is 0 Å². The molecule has 0 radical (unpaired) electrons. The Morgan fingerprint density at radius 3 is 2.40 bits per heavy atom. The molecular formula is C36H31N3O6S2. The van der Waals surface area contributed by atoms with Crippen LogP contribution in [0, 0.1) is 13.8 Å². The van der Waals surface area contributed by atoms with E-state index >= 15 is 0 Å². The van der Waals surface area contributed by atoms with E-state index in [2.05, 4.69) is 10.2 Å². The van der Waals surface area contributed by atoms with Gasteiger partial charge < -0.3 is 19.7 Å². The normalized spacial score (nSPS) is 15.6. The number of ketones is 1. The van der Waals surface area contributed by atoms with Gasteiger partial charge in [0, 0.05) is 11.3 Å². The molecule has 4 aromatic carbocycles. The Labute approximate surface area is 280 Å². The number of aryl methyl sites for hydroxylation is 2. The highest BCUT2D eigenvalue weighted by molar-refractivity contribution is 8.00. The first-order valence-corrected chi connectivity index (χ1v) is 16.5. The number of phenols is 1. The van der Waals surface area contributed by atoms with Crippen LogP contribution in [0.3, 0.4) is 0 Å². The third-order valence-corrected chi connectivity index (χ3v) is 9.79. The lowest BCUT2D eigenvalue weighted by Gasteiger charge is -2.23. The Kier molecular flexibility index (Phi) is 9.28. The average Bonchev–Trinajstić information content (AvgIpc) is 3.65. The molecule has 9 nitrogen and oxygen atoms in total. The molecule has 0 saturated carbocycles. The molecule has 1 fully saturated rings. The number of carbonyl (C=O) groups is 2. The number of ether oxygens (including phenoxy) is 2. The van der Waals surface area contributed by atoms with Crippen molar-refractivity contribution >= 4 is 45.7 Å². The van der Waals surface area contributed by atoms with Gasteiger partial charge in [-0.25, -0.2) is 0 Å². The first kappa shape index (κ1) is 31.8. The van der Waals surface area contributed by atoms with E-state index in [-0.39, 0.29) is 28.0 Å². The maximum atomic E-state index is 13.6. The summed E-state index contributed by atoms with van der Waals surface area (Å²) in [6.07, 6.45) is 0. The van der Waals surface area contributed by atoms with Crippen LogP contribution in [-0.4, -0.2) is 39.2 Å². The van der Waals surface area contributed by atoms with Crippen molar-refractivity contribution < 1.29 is 29.3 Å². The zero-order chi connectivity index (χ0) is 33.1. The molecule has 0 aliphatic carbocycles. The highest BCUT2D eigenvalue weighted by Gasteiger charge is 2.48. The second kappa shape index (κ2) is 13.7. The lowest BCUT2D eigenvalue weighted by molar-refractivity contribution is -0.132. The minimum absolute atomic E-state index is 0.111. The molecule has 0 spiro atoms. The van der Waals surface area contributed by atoms with Crippen LogP contribution in [0.15, 0.2) is 101 Å². The van der Waals surface area contributed by atoms with Gasteiger partial charge in [-0.1, -0.05) is 88.8 Å². The van der Waals surface area contributed by atoms with Crippen molar-refractivity contribution in [3.05, 3.63) is 130 Å². The molecule has 1 amide bonds. The quantitative estimate of drug-likeness (QED) is 0.0518. The summed E-state index contributed by atoms with van der Waals surface area (Å²) in [6.45, 7) is 4.41. The molecule has 1 unspecified atom stereocenters. The Hall–Kier alpha value is -5.13. The fraction of sp³-hybridized carbons (Fsp3) is 0.167. The number of rotatable bonds is 10. The summed E-state index contributed by atoms with van der Waals surface area (Å²) in [5.41, 5.74) is 5.07. The first-order chi connectivity index (χ1) is 22.7. The number of nitrogens with zero attached hydrogens (tertiary/aromatic N) is 3. The van der Waals surface area contributed by atoms with Gasteiger partial charge in [-0.2, -0.15) is 0 Å². The number of hydrogen-bond donors (Lipinski definition) is 2. The number of hydrogen-bond acceptors (Lipinski definition) is 10. The molecule has 6 rings (SSSR count). The molecule has 1 saturated heterocycles. The van der Waals surface area contributed by atoms with Crippen LogP contribution in [0.2, 0.25) is 0 Å². The second-order valence-corrected chi connectivity index (χ2v) is 13.2. The number of aromatic hydroxyl groups is 1. The van der Waals surface area contributed by atoms with Gasteiger partial charge in [0.05, 0.1) is 18.7 Å². The Bertz CT molecular complexity index is 1970. The predicted molar refractivity (Wildman–Crippen MR) is 182 cm³/mol. The third kappa shape index (κ3) is 6.86. The summed E-state index contributed by atoms with van der Waals surface area (Å²) in [4.78, 5) is 28.5. The summed E-state index contributed by atoms with van der Waals surface area (Å²) in [5, 5.41) is 30.6. The fourth-order valence-electron chi connectivity index (χ4n) is 5.23. The number of aliphatic hydroxyl groups is 1. The van der Waals surface area contributed by atoms with Crippen molar-refractivity contribution in [2.45, 2.75) is 36.6 Å². The van der Waals surface area contributed by atoms with Gasteiger partial charge >= 0.3 is 5.91 Å². The number of thioether (sulfide) groups is 1. The van der Waals surface area contributed by atoms with Gasteiger partial charge in [0.2, 0.25) is 5.13 Å². The molecule has 1 aliphatic heterocycles. The summed E-state index contributed by atoms with van der Waals surface area (Å²) in [6, 6.07) is 26.3. The van der Waals surface area contributed by atoms with Gasteiger partial charge in [-0.15, -0.1) is 10.2 Å². The van der Waals surface area contributed by atoms with E-state index in [0.717, 1.165) is 16.7 Å². The Morgan fingerprint density at radius 1 is 0.915 bits per heavy atom. The van der Waals surface area contributed by atoms with Gasteiger partial charge in [0.15, 0.2) is 15.8 Å². The highest BCUT2D eigenvalue weighted by atomic mass is 32.2. The zero-order valence-corrected chi connectivity index (χ0v) is 27.5. The molecule has 1 aromatic heterocycles. The smallest absolute Gasteiger partial charge is 0.301 e. The lowest BCUT2D eigenvalue weighted by Crippen LogP contribution is -2.29. The summed E-state index contributed by atoms with van der Waals surface area (Å²) < 4.78 is 11.9. The van der Waals surface area contributed by atoms with Gasteiger partial charge in [-0.3, -0.25) is 14.5 Å². The summed E-state index contributed by atoms with van der Waals surface area (Å²) in [7, 11) is 1.40. The maximum Gasteiger partial charge on any atom is 0.301 e.